The molecule has 0 bridgehead atoms. The summed E-state index contributed by atoms with van der Waals surface area (Å²) in [7, 11) is 0. The van der Waals surface area contributed by atoms with Gasteiger partial charge in [-0.1, -0.05) is 28.1 Å². The smallest absolute Gasteiger partial charge is 0.331 e. The monoisotopic (exact) mass is 348 g/mol. The zero-order chi connectivity index (χ0) is 15.6. The average Bonchev–Trinajstić information content (AvgIpc) is 2.38. The minimum atomic E-state index is -0.681. The number of terminal acetylenes is 1. The van der Waals surface area contributed by atoms with E-state index in [1.807, 2.05) is 0 Å². The van der Waals surface area contributed by atoms with E-state index in [2.05, 4.69) is 26.8 Å². The minimum Gasteiger partial charge on any atom is -0.494 e. The van der Waals surface area contributed by atoms with Gasteiger partial charge < -0.3 is 5.11 Å². The Morgan fingerprint density at radius 3 is 2.81 bits per heavy atom. The highest BCUT2D eigenvalue weighted by atomic mass is 79.9. The molecule has 1 aromatic carbocycles. The summed E-state index contributed by atoms with van der Waals surface area (Å²) in [5.41, 5.74) is -0.775. The van der Waals surface area contributed by atoms with Gasteiger partial charge in [0.25, 0.3) is 5.56 Å². The first kappa shape index (κ1) is 15.1. The molecule has 1 unspecified atom stereocenters. The van der Waals surface area contributed by atoms with E-state index >= 15 is 0 Å². The topological polar surface area (TPSA) is 75.1 Å². The highest BCUT2D eigenvalue weighted by Gasteiger charge is 2.19. The van der Waals surface area contributed by atoms with Gasteiger partial charge in [0, 0.05) is 16.9 Å². The maximum absolute atomic E-state index is 12.0. The molecule has 108 valence electrons. The summed E-state index contributed by atoms with van der Waals surface area (Å²) in [5, 5.41) is 10.4. The van der Waals surface area contributed by atoms with Crippen molar-refractivity contribution in [2.45, 2.75) is 19.4 Å². The zero-order valence-corrected chi connectivity index (χ0v) is 12.8. The molecule has 1 heterocycles. The van der Waals surface area contributed by atoms with E-state index in [9.17, 15) is 14.7 Å². The Hall–Kier alpha value is -2.26. The number of aromatic hydroxyl groups is 1. The third kappa shape index (κ3) is 2.93. The Bertz CT molecular complexity index is 830. The van der Waals surface area contributed by atoms with Crippen molar-refractivity contribution < 1.29 is 5.11 Å². The number of aromatic nitrogens is 2. The third-order valence-corrected chi connectivity index (χ3v) is 3.58. The van der Waals surface area contributed by atoms with Crippen LogP contribution in [0.4, 0.5) is 0 Å². The fourth-order valence-electron chi connectivity index (χ4n) is 2.11. The molecule has 0 saturated heterocycles. The Balaban J connectivity index is 2.74. The number of nitrogens with zero attached hydrogens (tertiary/aromatic N) is 1. The first-order valence-electron chi connectivity index (χ1n) is 6.23. The molecule has 1 atom stereocenters. The first-order chi connectivity index (χ1) is 9.95. The minimum absolute atomic E-state index is 0.0415. The molecule has 0 aliphatic carbocycles. The van der Waals surface area contributed by atoms with E-state index in [1.54, 1.807) is 31.2 Å². The SMILES string of the molecule is C#CCC(C)n1c(O)c(-c2cccc(Br)c2)c(=O)[nH]c1=O. The van der Waals surface area contributed by atoms with Crippen LogP contribution in [-0.2, 0) is 0 Å². The summed E-state index contributed by atoms with van der Waals surface area (Å²) in [6.07, 6.45) is 5.50. The number of hydrogen-bond acceptors (Lipinski definition) is 3. The maximum atomic E-state index is 12.0. The van der Waals surface area contributed by atoms with E-state index in [-0.39, 0.29) is 17.9 Å². The summed E-state index contributed by atoms with van der Waals surface area (Å²) >= 11 is 3.31. The van der Waals surface area contributed by atoms with Crippen LogP contribution in [0, 0.1) is 12.3 Å². The van der Waals surface area contributed by atoms with Crippen LogP contribution >= 0.6 is 15.9 Å². The predicted octanol–water partition coefficient (Wildman–Crippen LogP) is 2.26. The van der Waals surface area contributed by atoms with Gasteiger partial charge >= 0.3 is 5.69 Å². The van der Waals surface area contributed by atoms with Crippen molar-refractivity contribution in [2.75, 3.05) is 0 Å². The highest BCUT2D eigenvalue weighted by molar-refractivity contribution is 9.10. The standard InChI is InChI=1S/C15H13BrN2O3/c1-3-5-9(2)18-14(20)12(13(19)17-15(18)21)10-6-4-7-11(16)8-10/h1,4,6-9,20H,5H2,2H3,(H,17,19,21). The molecule has 5 nitrogen and oxygen atoms in total. The lowest BCUT2D eigenvalue weighted by atomic mass is 10.1. The Morgan fingerprint density at radius 1 is 1.48 bits per heavy atom. The van der Waals surface area contributed by atoms with Crippen molar-refractivity contribution in [3.63, 3.8) is 0 Å². The lowest BCUT2D eigenvalue weighted by Gasteiger charge is -2.16. The van der Waals surface area contributed by atoms with Gasteiger partial charge in [-0.2, -0.15) is 0 Å². The average molecular weight is 349 g/mol. The quantitative estimate of drug-likeness (QED) is 0.835. The van der Waals surface area contributed by atoms with Crippen molar-refractivity contribution >= 4 is 15.9 Å². The fraction of sp³-hybridized carbons (Fsp3) is 0.200. The van der Waals surface area contributed by atoms with Crippen molar-refractivity contribution in [1.29, 1.82) is 0 Å². The second-order valence-corrected chi connectivity index (χ2v) is 5.51. The van der Waals surface area contributed by atoms with Crippen LogP contribution in [0.2, 0.25) is 0 Å². The number of nitrogens with one attached hydrogen (secondary N) is 1. The summed E-state index contributed by atoms with van der Waals surface area (Å²) in [5.74, 6) is 2.05. The van der Waals surface area contributed by atoms with Crippen molar-refractivity contribution in [1.82, 2.24) is 9.55 Å². The van der Waals surface area contributed by atoms with Crippen LogP contribution in [-0.4, -0.2) is 14.7 Å². The second-order valence-electron chi connectivity index (χ2n) is 4.60. The van der Waals surface area contributed by atoms with Crippen molar-refractivity contribution in [2.24, 2.45) is 0 Å². The molecular formula is C15H13BrN2O3. The molecule has 0 aliphatic heterocycles. The molecular weight excluding hydrogens is 336 g/mol. The van der Waals surface area contributed by atoms with Crippen LogP contribution in [0.5, 0.6) is 5.88 Å². The van der Waals surface area contributed by atoms with E-state index < -0.39 is 17.3 Å². The van der Waals surface area contributed by atoms with Gasteiger partial charge in [0.15, 0.2) is 0 Å². The Morgan fingerprint density at radius 2 is 2.19 bits per heavy atom. The molecule has 0 amide bonds. The molecule has 0 aliphatic rings. The highest BCUT2D eigenvalue weighted by Crippen LogP contribution is 2.28. The normalized spacial score (nSPS) is 11.9. The third-order valence-electron chi connectivity index (χ3n) is 3.09. The summed E-state index contributed by atoms with van der Waals surface area (Å²) in [4.78, 5) is 26.1. The van der Waals surface area contributed by atoms with E-state index in [1.165, 1.54) is 0 Å². The molecule has 2 aromatic rings. The van der Waals surface area contributed by atoms with Crippen LogP contribution in [0.3, 0.4) is 0 Å². The van der Waals surface area contributed by atoms with Gasteiger partial charge in [-0.15, -0.1) is 12.3 Å². The molecule has 0 radical (unpaired) electrons. The Kier molecular flexibility index (Phi) is 4.34. The first-order valence-corrected chi connectivity index (χ1v) is 7.02. The summed E-state index contributed by atoms with van der Waals surface area (Å²) in [6.45, 7) is 1.70. The van der Waals surface area contributed by atoms with Crippen LogP contribution in [0.25, 0.3) is 11.1 Å². The molecule has 2 N–H and O–H groups in total. The number of rotatable bonds is 3. The lowest BCUT2D eigenvalue weighted by molar-refractivity contribution is 0.376. The lowest BCUT2D eigenvalue weighted by Crippen LogP contribution is -2.32. The van der Waals surface area contributed by atoms with E-state index in [0.29, 0.717) is 5.56 Å². The van der Waals surface area contributed by atoms with Gasteiger partial charge in [-0.05, 0) is 24.6 Å². The molecule has 21 heavy (non-hydrogen) atoms. The molecule has 2 rings (SSSR count). The Labute approximate surface area is 129 Å². The van der Waals surface area contributed by atoms with Crippen LogP contribution in [0.1, 0.15) is 19.4 Å². The molecule has 1 aromatic heterocycles. The van der Waals surface area contributed by atoms with Gasteiger partial charge in [-0.3, -0.25) is 14.3 Å². The van der Waals surface area contributed by atoms with Gasteiger partial charge in [0.05, 0.1) is 0 Å². The number of hydrogen-bond donors (Lipinski definition) is 2. The number of H-pyrrole nitrogens is 1. The van der Waals surface area contributed by atoms with Crippen LogP contribution < -0.4 is 11.2 Å². The summed E-state index contributed by atoms with van der Waals surface area (Å²) < 4.78 is 1.85. The molecule has 6 heteroatoms. The van der Waals surface area contributed by atoms with Gasteiger partial charge in [0.2, 0.25) is 5.88 Å². The fourth-order valence-corrected chi connectivity index (χ4v) is 2.51. The van der Waals surface area contributed by atoms with E-state index in [4.69, 9.17) is 6.42 Å². The van der Waals surface area contributed by atoms with E-state index in [0.717, 1.165) is 9.04 Å². The van der Waals surface area contributed by atoms with Crippen molar-refractivity contribution in [3.05, 3.63) is 49.6 Å². The van der Waals surface area contributed by atoms with Gasteiger partial charge in [0.1, 0.15) is 5.56 Å². The predicted molar refractivity (Wildman–Crippen MR) is 84.3 cm³/mol. The number of halogens is 1. The number of benzene rings is 1. The summed E-state index contributed by atoms with van der Waals surface area (Å²) in [6, 6.07) is 6.47. The second kappa shape index (κ2) is 6.02. The van der Waals surface area contributed by atoms with Crippen LogP contribution in [0.15, 0.2) is 38.3 Å². The molecule has 0 fully saturated rings. The molecule has 0 spiro atoms. The molecule has 0 saturated carbocycles. The largest absolute Gasteiger partial charge is 0.494 e. The van der Waals surface area contributed by atoms with Crippen molar-refractivity contribution in [3.8, 4) is 29.4 Å². The zero-order valence-electron chi connectivity index (χ0n) is 11.3. The number of aromatic amines is 1. The van der Waals surface area contributed by atoms with Gasteiger partial charge in [-0.25, -0.2) is 4.79 Å². The maximum Gasteiger partial charge on any atom is 0.331 e.